The Hall–Kier alpha value is -3.19. The minimum atomic E-state index is -0.286. The van der Waals surface area contributed by atoms with Crippen molar-refractivity contribution in [1.29, 1.82) is 0 Å². The second-order valence-corrected chi connectivity index (χ2v) is 7.00. The first-order valence-electron chi connectivity index (χ1n) is 8.64. The van der Waals surface area contributed by atoms with Crippen LogP contribution < -0.4 is 10.9 Å². The summed E-state index contributed by atoms with van der Waals surface area (Å²) in [4.78, 5) is 41.3. The molecule has 0 bridgehead atoms. The van der Waals surface area contributed by atoms with Crippen LogP contribution in [0.25, 0.3) is 10.9 Å². The van der Waals surface area contributed by atoms with Gasteiger partial charge in [-0.05, 0) is 31.2 Å². The fourth-order valence-electron chi connectivity index (χ4n) is 2.76. The molecular formula is C21H19N3O3S. The molecule has 7 heteroatoms. The standard InChI is InChI=1S/C21H19N3O3S/c1-3-12-24-20(27)16-9-5-7-11-18(16)23-21(24)28-13-19(26)22-17-10-6-4-8-15(17)14(2)25/h3-11H,1,12-13H2,2H3,(H,22,26). The molecule has 0 aliphatic carbocycles. The summed E-state index contributed by atoms with van der Waals surface area (Å²) >= 11 is 1.16. The molecular weight excluding hydrogens is 374 g/mol. The van der Waals surface area contributed by atoms with E-state index in [0.717, 1.165) is 11.8 Å². The topological polar surface area (TPSA) is 81.1 Å². The molecule has 0 saturated heterocycles. The van der Waals surface area contributed by atoms with Gasteiger partial charge in [-0.25, -0.2) is 4.98 Å². The molecule has 2 aromatic carbocycles. The minimum absolute atomic E-state index is 0.0498. The van der Waals surface area contributed by atoms with Crippen LogP contribution in [-0.4, -0.2) is 27.0 Å². The summed E-state index contributed by atoms with van der Waals surface area (Å²) in [5.74, 6) is -0.362. The van der Waals surface area contributed by atoms with Crippen molar-refractivity contribution >= 4 is 40.0 Å². The Labute approximate surface area is 166 Å². The zero-order valence-corrected chi connectivity index (χ0v) is 16.2. The summed E-state index contributed by atoms with van der Waals surface area (Å²) in [5.41, 5.74) is 1.33. The van der Waals surface area contributed by atoms with Crippen molar-refractivity contribution in [2.45, 2.75) is 18.6 Å². The Morgan fingerprint density at radius 1 is 1.18 bits per heavy atom. The maximum Gasteiger partial charge on any atom is 0.262 e. The molecule has 1 N–H and O–H groups in total. The quantitative estimate of drug-likeness (QED) is 0.287. The number of nitrogens with zero attached hydrogens (tertiary/aromatic N) is 2. The van der Waals surface area contributed by atoms with Gasteiger partial charge in [0.2, 0.25) is 5.91 Å². The molecule has 0 spiro atoms. The molecule has 0 fully saturated rings. The molecule has 1 aromatic heterocycles. The van der Waals surface area contributed by atoms with E-state index in [2.05, 4.69) is 16.9 Å². The largest absolute Gasteiger partial charge is 0.325 e. The summed E-state index contributed by atoms with van der Waals surface area (Å²) in [7, 11) is 0. The van der Waals surface area contributed by atoms with Crippen molar-refractivity contribution in [3.63, 3.8) is 0 Å². The molecule has 1 amide bonds. The molecule has 0 unspecified atom stereocenters. The van der Waals surface area contributed by atoms with Gasteiger partial charge < -0.3 is 5.32 Å². The van der Waals surface area contributed by atoms with Crippen molar-refractivity contribution in [2.24, 2.45) is 0 Å². The SMILES string of the molecule is C=CCn1c(SCC(=O)Nc2ccccc2C(C)=O)nc2ccccc2c1=O. The number of amides is 1. The fraction of sp³-hybridized carbons (Fsp3) is 0.143. The van der Waals surface area contributed by atoms with Crippen LogP contribution in [0.3, 0.4) is 0 Å². The number of allylic oxidation sites excluding steroid dienone is 1. The monoisotopic (exact) mass is 393 g/mol. The Kier molecular flexibility index (Phi) is 6.06. The van der Waals surface area contributed by atoms with Crippen LogP contribution >= 0.6 is 11.8 Å². The highest BCUT2D eigenvalue weighted by Crippen LogP contribution is 2.20. The fourth-order valence-corrected chi connectivity index (χ4v) is 3.57. The van der Waals surface area contributed by atoms with Crippen molar-refractivity contribution < 1.29 is 9.59 Å². The lowest BCUT2D eigenvalue weighted by Gasteiger charge is -2.12. The van der Waals surface area contributed by atoms with Gasteiger partial charge in [0, 0.05) is 12.1 Å². The molecule has 28 heavy (non-hydrogen) atoms. The van der Waals surface area contributed by atoms with Crippen molar-refractivity contribution in [3.05, 3.63) is 77.1 Å². The first-order valence-corrected chi connectivity index (χ1v) is 9.63. The Morgan fingerprint density at radius 3 is 2.64 bits per heavy atom. The van der Waals surface area contributed by atoms with Crippen molar-refractivity contribution in [2.75, 3.05) is 11.1 Å². The lowest BCUT2D eigenvalue weighted by atomic mass is 10.1. The minimum Gasteiger partial charge on any atom is -0.325 e. The van der Waals surface area contributed by atoms with Crippen molar-refractivity contribution in [1.82, 2.24) is 9.55 Å². The van der Waals surface area contributed by atoms with E-state index in [-0.39, 0.29) is 23.0 Å². The van der Waals surface area contributed by atoms with Crippen LogP contribution in [-0.2, 0) is 11.3 Å². The molecule has 3 aromatic rings. The molecule has 3 rings (SSSR count). The number of hydrogen-bond donors (Lipinski definition) is 1. The average Bonchev–Trinajstić information content (AvgIpc) is 2.69. The Morgan fingerprint density at radius 2 is 1.89 bits per heavy atom. The maximum atomic E-state index is 12.7. The number of carbonyl (C=O) groups is 2. The van der Waals surface area contributed by atoms with E-state index in [4.69, 9.17) is 0 Å². The van der Waals surface area contributed by atoms with E-state index in [9.17, 15) is 14.4 Å². The number of hydrogen-bond acceptors (Lipinski definition) is 5. The third-order valence-corrected chi connectivity index (χ3v) is 5.03. The van der Waals surface area contributed by atoms with E-state index in [1.54, 1.807) is 48.5 Å². The third kappa shape index (κ3) is 4.20. The summed E-state index contributed by atoms with van der Waals surface area (Å²) in [6.07, 6.45) is 1.62. The number of Topliss-reactive ketones (excluding diaryl/α,β-unsaturated/α-hetero) is 1. The average molecular weight is 393 g/mol. The number of aromatic nitrogens is 2. The smallest absolute Gasteiger partial charge is 0.262 e. The summed E-state index contributed by atoms with van der Waals surface area (Å²) in [5, 5.41) is 3.71. The Bertz CT molecular complexity index is 1120. The molecule has 142 valence electrons. The predicted octanol–water partition coefficient (Wildman–Crippen LogP) is 3.52. The van der Waals surface area contributed by atoms with Crippen LogP contribution in [0.4, 0.5) is 5.69 Å². The number of benzene rings is 2. The zero-order chi connectivity index (χ0) is 20.1. The van der Waals surface area contributed by atoms with Crippen LogP contribution in [0.1, 0.15) is 17.3 Å². The molecule has 0 atom stereocenters. The Balaban J connectivity index is 1.82. The number of fused-ring (bicyclic) bond motifs is 1. The number of carbonyl (C=O) groups excluding carboxylic acids is 2. The zero-order valence-electron chi connectivity index (χ0n) is 15.3. The van der Waals surface area contributed by atoms with Crippen molar-refractivity contribution in [3.8, 4) is 0 Å². The highest BCUT2D eigenvalue weighted by molar-refractivity contribution is 7.99. The van der Waals surface area contributed by atoms with Crippen LogP contribution in [0.15, 0.2) is 71.1 Å². The highest BCUT2D eigenvalue weighted by Gasteiger charge is 2.14. The number of nitrogens with one attached hydrogen (secondary N) is 1. The predicted molar refractivity (Wildman–Crippen MR) is 112 cm³/mol. The number of rotatable bonds is 7. The summed E-state index contributed by atoms with van der Waals surface area (Å²) in [6.45, 7) is 5.44. The number of para-hydroxylation sites is 2. The van der Waals surface area contributed by atoms with Gasteiger partial charge in [0.15, 0.2) is 10.9 Å². The van der Waals surface area contributed by atoms with Gasteiger partial charge in [-0.3, -0.25) is 19.0 Å². The van der Waals surface area contributed by atoms with E-state index in [1.165, 1.54) is 11.5 Å². The van der Waals surface area contributed by atoms with E-state index in [0.29, 0.717) is 33.9 Å². The summed E-state index contributed by atoms with van der Waals surface area (Å²) in [6, 6.07) is 13.9. The van der Waals surface area contributed by atoms with Gasteiger partial charge in [0.1, 0.15) is 0 Å². The molecule has 0 saturated carbocycles. The van der Waals surface area contributed by atoms with E-state index < -0.39 is 0 Å². The lowest BCUT2D eigenvalue weighted by molar-refractivity contribution is -0.113. The first-order chi connectivity index (χ1) is 13.5. The molecule has 0 aliphatic heterocycles. The number of thioether (sulfide) groups is 1. The molecule has 0 radical (unpaired) electrons. The number of ketones is 1. The molecule has 0 aliphatic rings. The van der Waals surface area contributed by atoms with Gasteiger partial charge >= 0.3 is 0 Å². The number of anilines is 1. The molecule has 1 heterocycles. The van der Waals surface area contributed by atoms with Gasteiger partial charge in [-0.15, -0.1) is 6.58 Å². The third-order valence-electron chi connectivity index (χ3n) is 4.05. The lowest BCUT2D eigenvalue weighted by Crippen LogP contribution is -2.24. The van der Waals surface area contributed by atoms with Crippen LogP contribution in [0, 0.1) is 0 Å². The highest BCUT2D eigenvalue weighted by atomic mass is 32.2. The normalized spacial score (nSPS) is 10.6. The summed E-state index contributed by atoms with van der Waals surface area (Å²) < 4.78 is 1.50. The molecule has 6 nitrogen and oxygen atoms in total. The second-order valence-electron chi connectivity index (χ2n) is 6.05. The second kappa shape index (κ2) is 8.67. The maximum absolute atomic E-state index is 12.7. The van der Waals surface area contributed by atoms with Crippen LogP contribution in [0.5, 0.6) is 0 Å². The van der Waals surface area contributed by atoms with Gasteiger partial charge in [0.05, 0.1) is 22.3 Å². The van der Waals surface area contributed by atoms with Gasteiger partial charge in [-0.2, -0.15) is 0 Å². The van der Waals surface area contributed by atoms with E-state index >= 15 is 0 Å². The van der Waals surface area contributed by atoms with E-state index in [1.807, 2.05) is 6.07 Å². The van der Waals surface area contributed by atoms with Gasteiger partial charge in [0.25, 0.3) is 5.56 Å². The van der Waals surface area contributed by atoms with Crippen LogP contribution in [0.2, 0.25) is 0 Å². The van der Waals surface area contributed by atoms with Gasteiger partial charge in [-0.1, -0.05) is 42.1 Å². The first kappa shape index (κ1) is 19.6.